The first-order valence-corrected chi connectivity index (χ1v) is 13.3. The minimum atomic E-state index is -3.71. The van der Waals surface area contributed by atoms with Gasteiger partial charge < -0.3 is 4.57 Å². The van der Waals surface area contributed by atoms with Gasteiger partial charge in [-0.3, -0.25) is 0 Å². The summed E-state index contributed by atoms with van der Waals surface area (Å²) in [5.74, 6) is 1.34. The van der Waals surface area contributed by atoms with E-state index in [2.05, 4.69) is 60.0 Å². The first kappa shape index (κ1) is 24.8. The Morgan fingerprint density at radius 1 is 1.06 bits per heavy atom. The molecule has 0 fully saturated rings. The number of nitrogens with zero attached hydrogens (tertiary/aromatic N) is 3. The second-order valence-electron chi connectivity index (χ2n) is 8.62. The van der Waals surface area contributed by atoms with Crippen LogP contribution in [0.25, 0.3) is 0 Å². The highest BCUT2D eigenvalue weighted by atomic mass is 35.5. The fourth-order valence-electron chi connectivity index (χ4n) is 3.24. The zero-order valence-corrected chi connectivity index (χ0v) is 21.4. The molecule has 6 nitrogen and oxygen atoms in total. The van der Waals surface area contributed by atoms with Crippen molar-refractivity contribution >= 4 is 33.4 Å². The smallest absolute Gasteiger partial charge is 0.241 e. The molecular weight excluding hydrogens is 464 g/mol. The Hall–Kier alpha value is -1.87. The number of thioether (sulfide) groups is 1. The van der Waals surface area contributed by atoms with E-state index in [1.807, 2.05) is 11.5 Å². The van der Waals surface area contributed by atoms with Gasteiger partial charge in [0, 0.05) is 17.3 Å². The van der Waals surface area contributed by atoms with Crippen molar-refractivity contribution in [2.75, 3.05) is 0 Å². The Morgan fingerprint density at radius 2 is 1.69 bits per heavy atom. The Bertz CT molecular complexity index is 1150. The van der Waals surface area contributed by atoms with E-state index in [4.69, 9.17) is 11.6 Å². The molecule has 1 heterocycles. The summed E-state index contributed by atoms with van der Waals surface area (Å²) in [6.07, 6.45) is 0. The van der Waals surface area contributed by atoms with Gasteiger partial charge in [-0.1, -0.05) is 68.4 Å². The molecule has 1 N–H and O–H groups in total. The molecule has 9 heteroatoms. The van der Waals surface area contributed by atoms with E-state index in [9.17, 15) is 8.42 Å². The molecule has 0 aliphatic heterocycles. The third kappa shape index (κ3) is 5.92. The van der Waals surface area contributed by atoms with Gasteiger partial charge in [0.2, 0.25) is 10.0 Å². The number of hydrogen-bond donors (Lipinski definition) is 1. The third-order valence-electron chi connectivity index (χ3n) is 5.09. The molecule has 0 amide bonds. The van der Waals surface area contributed by atoms with Gasteiger partial charge in [-0.2, -0.15) is 0 Å². The molecule has 1 unspecified atom stereocenters. The largest absolute Gasteiger partial charge is 0.305 e. The molecule has 2 aromatic carbocycles. The van der Waals surface area contributed by atoms with Gasteiger partial charge in [0.1, 0.15) is 0 Å². The minimum absolute atomic E-state index is 0.123. The Morgan fingerprint density at radius 3 is 2.25 bits per heavy atom. The number of benzene rings is 2. The summed E-state index contributed by atoms with van der Waals surface area (Å²) in [5, 5.41) is 9.85. The molecule has 172 valence electrons. The van der Waals surface area contributed by atoms with Gasteiger partial charge in [0.05, 0.1) is 10.9 Å². The summed E-state index contributed by atoms with van der Waals surface area (Å²) in [4.78, 5) is 0.157. The first-order valence-electron chi connectivity index (χ1n) is 10.4. The highest BCUT2D eigenvalue weighted by Gasteiger charge is 2.23. The van der Waals surface area contributed by atoms with Crippen molar-refractivity contribution in [1.29, 1.82) is 0 Å². The lowest BCUT2D eigenvalue weighted by Crippen LogP contribution is -2.29. The van der Waals surface area contributed by atoms with Crippen molar-refractivity contribution in [2.24, 2.45) is 0 Å². The summed E-state index contributed by atoms with van der Waals surface area (Å²) in [6, 6.07) is 14.1. The Kier molecular flexibility index (Phi) is 7.70. The average Bonchev–Trinajstić information content (AvgIpc) is 3.15. The van der Waals surface area contributed by atoms with Gasteiger partial charge in [-0.25, -0.2) is 13.1 Å². The Balaban J connectivity index is 1.72. The fourth-order valence-corrected chi connectivity index (χ4v) is 5.53. The van der Waals surface area contributed by atoms with E-state index in [0.29, 0.717) is 17.4 Å². The van der Waals surface area contributed by atoms with E-state index in [1.54, 1.807) is 30.8 Å². The molecule has 0 radical (unpaired) electrons. The second-order valence-corrected chi connectivity index (χ2v) is 11.7. The van der Waals surface area contributed by atoms with Crippen LogP contribution in [0.2, 0.25) is 5.02 Å². The summed E-state index contributed by atoms with van der Waals surface area (Å²) in [5.41, 5.74) is 2.62. The van der Waals surface area contributed by atoms with Crippen molar-refractivity contribution in [3.05, 3.63) is 70.5 Å². The maximum atomic E-state index is 12.7. The van der Waals surface area contributed by atoms with Gasteiger partial charge in [0.15, 0.2) is 11.0 Å². The standard InChI is InChI=1S/C23H29ClN4O2S2/c1-6-28-21(16(2)27-32(29,30)20-13-11-19(24)12-14-20)25-26-22(28)31-15-17-7-9-18(10-8-17)23(3,4)5/h7-14,16,27H,6,15H2,1-5H3. The van der Waals surface area contributed by atoms with Crippen LogP contribution in [0.15, 0.2) is 58.6 Å². The lowest BCUT2D eigenvalue weighted by atomic mass is 9.87. The zero-order valence-electron chi connectivity index (χ0n) is 19.0. The average molecular weight is 493 g/mol. The monoisotopic (exact) mass is 492 g/mol. The maximum Gasteiger partial charge on any atom is 0.241 e. The molecule has 0 aliphatic carbocycles. The van der Waals surface area contributed by atoms with Crippen molar-refractivity contribution in [2.45, 2.75) is 68.4 Å². The highest BCUT2D eigenvalue weighted by molar-refractivity contribution is 7.98. The van der Waals surface area contributed by atoms with Crippen molar-refractivity contribution in [1.82, 2.24) is 19.5 Å². The molecule has 1 atom stereocenters. The van der Waals surface area contributed by atoms with Crippen molar-refractivity contribution in [3.63, 3.8) is 0 Å². The van der Waals surface area contributed by atoms with Crippen LogP contribution in [-0.4, -0.2) is 23.2 Å². The molecule has 0 saturated carbocycles. The van der Waals surface area contributed by atoms with Crippen LogP contribution in [-0.2, 0) is 27.7 Å². The summed E-state index contributed by atoms with van der Waals surface area (Å²) >= 11 is 7.46. The van der Waals surface area contributed by atoms with Crippen LogP contribution in [0.4, 0.5) is 0 Å². The van der Waals surface area contributed by atoms with E-state index in [-0.39, 0.29) is 10.3 Å². The van der Waals surface area contributed by atoms with Gasteiger partial charge in [-0.05, 0) is 54.7 Å². The van der Waals surface area contributed by atoms with Crippen LogP contribution in [0, 0.1) is 0 Å². The molecule has 32 heavy (non-hydrogen) atoms. The lowest BCUT2D eigenvalue weighted by Gasteiger charge is -2.19. The molecule has 3 rings (SSSR count). The van der Waals surface area contributed by atoms with Crippen molar-refractivity contribution < 1.29 is 8.42 Å². The van der Waals surface area contributed by atoms with Crippen molar-refractivity contribution in [3.8, 4) is 0 Å². The maximum absolute atomic E-state index is 12.7. The number of hydrogen-bond acceptors (Lipinski definition) is 5. The van der Waals surface area contributed by atoms with Crippen LogP contribution < -0.4 is 4.72 Å². The normalized spacial score (nSPS) is 13.3. The number of aromatic nitrogens is 3. The van der Waals surface area contributed by atoms with Gasteiger partial charge in [0.25, 0.3) is 0 Å². The predicted octanol–water partition coefficient (Wildman–Crippen LogP) is 5.58. The fraction of sp³-hybridized carbons (Fsp3) is 0.391. The quantitative estimate of drug-likeness (QED) is 0.415. The summed E-state index contributed by atoms with van der Waals surface area (Å²) in [6.45, 7) is 11.0. The molecule has 3 aromatic rings. The molecule has 0 bridgehead atoms. The molecule has 0 spiro atoms. The first-order chi connectivity index (χ1) is 15.0. The Labute approximate surface area is 199 Å². The van der Waals surface area contributed by atoms with Crippen LogP contribution in [0.5, 0.6) is 0 Å². The molecule has 0 aliphatic rings. The third-order valence-corrected chi connectivity index (χ3v) is 7.94. The molecule has 0 saturated heterocycles. The van der Waals surface area contributed by atoms with E-state index in [0.717, 1.165) is 10.9 Å². The van der Waals surface area contributed by atoms with Crippen LogP contribution >= 0.6 is 23.4 Å². The van der Waals surface area contributed by atoms with Gasteiger partial charge >= 0.3 is 0 Å². The molecular formula is C23H29ClN4O2S2. The summed E-state index contributed by atoms with van der Waals surface area (Å²) < 4.78 is 30.1. The zero-order chi connectivity index (χ0) is 23.5. The SMILES string of the molecule is CCn1c(SCc2ccc(C(C)(C)C)cc2)nnc1C(C)NS(=O)(=O)c1ccc(Cl)cc1. The van der Waals surface area contributed by atoms with Crippen LogP contribution in [0.3, 0.4) is 0 Å². The summed E-state index contributed by atoms with van der Waals surface area (Å²) in [7, 11) is -3.71. The highest BCUT2D eigenvalue weighted by Crippen LogP contribution is 2.27. The number of rotatable bonds is 8. The van der Waals surface area contributed by atoms with Crippen LogP contribution in [0.1, 0.15) is 57.6 Å². The predicted molar refractivity (Wildman–Crippen MR) is 131 cm³/mol. The van der Waals surface area contributed by atoms with Gasteiger partial charge in [-0.15, -0.1) is 10.2 Å². The second kappa shape index (κ2) is 9.95. The topological polar surface area (TPSA) is 76.9 Å². The van der Waals surface area contributed by atoms with E-state index < -0.39 is 16.1 Å². The van der Waals surface area contributed by atoms with E-state index >= 15 is 0 Å². The van der Waals surface area contributed by atoms with E-state index in [1.165, 1.54) is 23.3 Å². The number of halogens is 1. The number of nitrogens with one attached hydrogen (secondary N) is 1. The lowest BCUT2D eigenvalue weighted by molar-refractivity contribution is 0.539. The molecule has 1 aromatic heterocycles. The minimum Gasteiger partial charge on any atom is -0.305 e. The number of sulfonamides is 1.